The summed E-state index contributed by atoms with van der Waals surface area (Å²) >= 11 is 0. The summed E-state index contributed by atoms with van der Waals surface area (Å²) < 4.78 is 28.9. The number of amides is 5. The van der Waals surface area contributed by atoms with Gasteiger partial charge in [0.25, 0.3) is 11.8 Å². The Kier molecular flexibility index (Phi) is 17.5. The molecule has 3 heterocycles. The monoisotopic (exact) mass is 688 g/mol. The van der Waals surface area contributed by atoms with E-state index >= 15 is 0 Å². The first-order valence-electron chi connectivity index (χ1n) is 16.5. The van der Waals surface area contributed by atoms with Gasteiger partial charge in [0.1, 0.15) is 11.7 Å². The maximum Gasteiger partial charge on any atom is 0.262 e. The first-order chi connectivity index (χ1) is 23.7. The van der Waals surface area contributed by atoms with Crippen LogP contribution in [0.4, 0.5) is 0 Å². The molecule has 1 aromatic carbocycles. The summed E-state index contributed by atoms with van der Waals surface area (Å²) in [6.45, 7) is 10.1. The highest BCUT2D eigenvalue weighted by molar-refractivity contribution is 6.23. The number of carbonyl (C=O) groups is 5. The van der Waals surface area contributed by atoms with Crippen LogP contribution in [0.2, 0.25) is 0 Å². The fourth-order valence-electron chi connectivity index (χ4n) is 4.67. The molecule has 2 aromatic rings. The van der Waals surface area contributed by atoms with Crippen molar-refractivity contribution in [3.8, 4) is 0 Å². The van der Waals surface area contributed by atoms with Crippen LogP contribution in [-0.4, -0.2) is 122 Å². The van der Waals surface area contributed by atoms with Crippen LogP contribution in [0.25, 0.3) is 0 Å². The number of nitrogens with zero attached hydrogens (tertiary/aromatic N) is 4. The summed E-state index contributed by atoms with van der Waals surface area (Å²) in [5.74, 6) is -1.30. The second-order valence-corrected chi connectivity index (χ2v) is 11.6. The molecule has 5 amide bonds. The summed E-state index contributed by atoms with van der Waals surface area (Å²) in [7, 11) is 1.61. The second kappa shape index (κ2) is 21.8. The molecule has 0 aliphatic carbocycles. The Labute approximate surface area is 286 Å². The molecule has 1 unspecified atom stereocenters. The Balaban J connectivity index is 0.000000291. The number of aromatic nitrogens is 3. The van der Waals surface area contributed by atoms with E-state index in [1.807, 2.05) is 10.9 Å². The summed E-state index contributed by atoms with van der Waals surface area (Å²) in [5, 5.41) is 12.9. The zero-order valence-corrected chi connectivity index (χ0v) is 28.5. The number of carbonyl (C=O) groups excluding carboxylic acids is 5. The number of nitrogens with one attached hydrogen (secondary N) is 2. The maximum atomic E-state index is 12.2. The van der Waals surface area contributed by atoms with Crippen LogP contribution in [0.15, 0.2) is 30.5 Å². The lowest BCUT2D eigenvalue weighted by Gasteiger charge is -2.27. The Morgan fingerprint density at radius 3 is 1.96 bits per heavy atom. The van der Waals surface area contributed by atoms with Crippen LogP contribution in [0.1, 0.15) is 65.9 Å². The predicted molar refractivity (Wildman–Crippen MR) is 174 cm³/mol. The van der Waals surface area contributed by atoms with Crippen LogP contribution in [0.5, 0.6) is 0 Å². The van der Waals surface area contributed by atoms with Crippen molar-refractivity contribution >= 4 is 29.5 Å². The molecule has 0 bridgehead atoms. The van der Waals surface area contributed by atoms with Gasteiger partial charge >= 0.3 is 0 Å². The highest BCUT2D eigenvalue weighted by Gasteiger charge is 2.44. The Hall–Kier alpha value is -4.09. The van der Waals surface area contributed by atoms with Gasteiger partial charge in [-0.1, -0.05) is 31.2 Å². The smallest absolute Gasteiger partial charge is 0.262 e. The highest BCUT2D eigenvalue weighted by Crippen LogP contribution is 2.27. The number of imide groups is 2. The van der Waals surface area contributed by atoms with Gasteiger partial charge in [0.05, 0.1) is 83.4 Å². The van der Waals surface area contributed by atoms with Crippen molar-refractivity contribution in [1.82, 2.24) is 30.5 Å². The third kappa shape index (κ3) is 13.7. The van der Waals surface area contributed by atoms with Crippen molar-refractivity contribution in [3.05, 3.63) is 47.3 Å². The van der Waals surface area contributed by atoms with E-state index in [1.165, 1.54) is 0 Å². The van der Waals surface area contributed by atoms with E-state index in [1.54, 1.807) is 31.3 Å². The summed E-state index contributed by atoms with van der Waals surface area (Å²) in [5.41, 5.74) is 1.44. The minimum absolute atomic E-state index is 0.0281. The summed E-state index contributed by atoms with van der Waals surface area (Å²) in [4.78, 5) is 59.1. The largest absolute Gasteiger partial charge is 0.379 e. The van der Waals surface area contributed by atoms with Gasteiger partial charge in [-0.05, 0) is 30.9 Å². The van der Waals surface area contributed by atoms with Crippen LogP contribution < -0.4 is 10.6 Å². The minimum atomic E-state index is -0.898. The van der Waals surface area contributed by atoms with Crippen LogP contribution >= 0.6 is 0 Å². The topological polar surface area (TPSA) is 190 Å². The van der Waals surface area contributed by atoms with Gasteiger partial charge in [0, 0.05) is 26.4 Å². The fraction of sp³-hybridized carbons (Fsp3) is 0.606. The summed E-state index contributed by atoms with van der Waals surface area (Å²) in [6.07, 6.45) is 3.68. The van der Waals surface area contributed by atoms with E-state index in [2.05, 4.69) is 34.8 Å². The lowest BCUT2D eigenvalue weighted by Crippen LogP contribution is -2.54. The molecule has 2 N–H and O–H groups in total. The number of hydrogen-bond donors (Lipinski definition) is 2. The predicted octanol–water partition coefficient (Wildman–Crippen LogP) is 1.13. The van der Waals surface area contributed by atoms with Gasteiger partial charge in [-0.15, -0.1) is 5.10 Å². The molecule has 4 rings (SSSR count). The van der Waals surface area contributed by atoms with Gasteiger partial charge < -0.3 is 29.0 Å². The molecule has 49 heavy (non-hydrogen) atoms. The van der Waals surface area contributed by atoms with Gasteiger partial charge in [0.2, 0.25) is 17.7 Å². The molecule has 16 nitrogen and oxygen atoms in total. The van der Waals surface area contributed by atoms with Crippen molar-refractivity contribution in [2.75, 3.05) is 66.5 Å². The van der Waals surface area contributed by atoms with Gasteiger partial charge in [-0.3, -0.25) is 38.9 Å². The van der Waals surface area contributed by atoms with Crippen molar-refractivity contribution in [2.45, 2.75) is 58.7 Å². The molecule has 1 aromatic heterocycles. The zero-order valence-electron chi connectivity index (χ0n) is 28.5. The van der Waals surface area contributed by atoms with E-state index in [9.17, 15) is 24.0 Å². The molecule has 0 saturated carbocycles. The van der Waals surface area contributed by atoms with Gasteiger partial charge in [-0.25, -0.2) is 0 Å². The molecule has 0 radical (unpaired) electrons. The van der Waals surface area contributed by atoms with Crippen molar-refractivity contribution in [1.29, 1.82) is 0 Å². The van der Waals surface area contributed by atoms with E-state index in [-0.39, 0.29) is 24.7 Å². The van der Waals surface area contributed by atoms with Gasteiger partial charge in [0.15, 0.2) is 0 Å². The Bertz CT molecular complexity index is 1330. The maximum absolute atomic E-state index is 12.2. The van der Waals surface area contributed by atoms with Crippen LogP contribution in [0.3, 0.4) is 0 Å². The lowest BCUT2D eigenvalue weighted by atomic mass is 10.0. The number of piperidine rings is 1. The van der Waals surface area contributed by atoms with Crippen LogP contribution in [0, 0.1) is 5.92 Å². The number of benzene rings is 1. The Morgan fingerprint density at radius 1 is 0.878 bits per heavy atom. The number of hydrogen-bond acceptors (Lipinski definition) is 12. The van der Waals surface area contributed by atoms with E-state index in [4.69, 9.17) is 23.7 Å². The lowest BCUT2D eigenvalue weighted by molar-refractivity contribution is -0.136. The number of rotatable bonds is 21. The molecule has 1 saturated heterocycles. The zero-order chi connectivity index (χ0) is 35.4. The number of fused-ring (bicyclic) bond motifs is 1. The molecule has 1 atom stereocenters. The van der Waals surface area contributed by atoms with Gasteiger partial charge in [-0.2, -0.15) is 0 Å². The molecule has 2 aliphatic rings. The molecule has 2 aliphatic heterocycles. The third-order valence-electron chi connectivity index (χ3n) is 7.36. The molecule has 16 heteroatoms. The molecule has 270 valence electrons. The van der Waals surface area contributed by atoms with E-state index in [0.717, 1.165) is 23.6 Å². The molecule has 1 fully saturated rings. The number of ether oxygens (including phenoxy) is 5. The van der Waals surface area contributed by atoms with E-state index < -0.39 is 23.8 Å². The second-order valence-electron chi connectivity index (χ2n) is 11.6. The minimum Gasteiger partial charge on any atom is -0.379 e. The quantitative estimate of drug-likeness (QED) is 0.141. The van der Waals surface area contributed by atoms with Crippen molar-refractivity contribution in [3.63, 3.8) is 0 Å². The normalized spacial score (nSPS) is 15.7. The first kappa shape index (κ1) is 39.3. The molecule has 0 spiro atoms. The average Bonchev–Trinajstić information content (AvgIpc) is 3.65. The first-order valence-corrected chi connectivity index (χ1v) is 16.5. The van der Waals surface area contributed by atoms with Crippen molar-refractivity contribution in [2.24, 2.45) is 5.92 Å². The Morgan fingerprint density at radius 2 is 1.43 bits per heavy atom. The SMILES string of the molecule is CNC(=O)CCOCCOCCOCCOCCOCc1cn(CCC(C)C)nn1.O=C1CCC(N2C(=O)c3ccccc3C2=O)C(=O)N1. The highest BCUT2D eigenvalue weighted by atomic mass is 16.6. The van der Waals surface area contributed by atoms with E-state index in [0.29, 0.717) is 89.5 Å². The summed E-state index contributed by atoms with van der Waals surface area (Å²) in [6, 6.07) is 5.55. The molecular formula is C33H48N6O10. The third-order valence-corrected chi connectivity index (χ3v) is 7.36. The number of aryl methyl sites for hydroxylation is 1. The standard InChI is InChI=1S/C20H38N4O6.C13H10N2O4/c1-18(2)4-6-24-16-19(22-23-24)17-30-15-14-29-13-12-28-11-10-27-9-8-26-7-5-20(25)21-3;16-10-6-5-9(11(17)14-10)15-12(18)7-3-1-2-4-8(7)13(15)19/h16,18H,4-15,17H2,1-3H3,(H,21,25);1-4,9H,5-6H2,(H,14,16,17). The fourth-order valence-corrected chi connectivity index (χ4v) is 4.67. The molecular weight excluding hydrogens is 640 g/mol. The van der Waals surface area contributed by atoms with Crippen LogP contribution in [-0.2, 0) is 51.2 Å². The average molecular weight is 689 g/mol. The van der Waals surface area contributed by atoms with Crippen molar-refractivity contribution < 1.29 is 47.7 Å².